The molecule has 0 spiro atoms. The molecule has 1 aliphatic rings. The van der Waals surface area contributed by atoms with Gasteiger partial charge in [0.1, 0.15) is 0 Å². The van der Waals surface area contributed by atoms with Crippen LogP contribution in [-0.2, 0) is 4.79 Å². The number of aliphatic carboxylic acids is 1. The largest absolute Gasteiger partial charge is 0.481 e. The summed E-state index contributed by atoms with van der Waals surface area (Å²) in [5, 5.41) is 12.5. The molecule has 0 amide bonds. The summed E-state index contributed by atoms with van der Waals surface area (Å²) in [6, 6.07) is 0.535. The molecule has 2 atom stereocenters. The summed E-state index contributed by atoms with van der Waals surface area (Å²) in [5.41, 5.74) is 0. The maximum Gasteiger partial charge on any atom is 0.304 e. The number of piperidine rings is 1. The third-order valence-electron chi connectivity index (χ3n) is 4.11. The minimum Gasteiger partial charge on any atom is -0.481 e. The summed E-state index contributed by atoms with van der Waals surface area (Å²) in [6.45, 7) is 10.6. The highest BCUT2D eigenvalue weighted by Gasteiger charge is 2.26. The summed E-state index contributed by atoms with van der Waals surface area (Å²) in [7, 11) is 0. The number of nitrogens with zero attached hydrogens (tertiary/aromatic N) is 1. The van der Waals surface area contributed by atoms with Crippen LogP contribution in [0.1, 0.15) is 52.9 Å². The van der Waals surface area contributed by atoms with Gasteiger partial charge in [-0.25, -0.2) is 0 Å². The van der Waals surface area contributed by atoms with E-state index in [0.29, 0.717) is 12.6 Å². The number of likely N-dealkylation sites (tertiary alicyclic amines) is 1. The second-order valence-corrected chi connectivity index (χ2v) is 6.63. The van der Waals surface area contributed by atoms with Crippen molar-refractivity contribution in [1.82, 2.24) is 10.2 Å². The molecule has 0 aromatic carbocycles. The molecule has 1 rings (SSSR count). The van der Waals surface area contributed by atoms with Gasteiger partial charge in [-0.15, -0.1) is 0 Å². The SMILES string of the molecule is CCCC1CC(NCCC(C)C)CN(CCC(=O)O)C1. The van der Waals surface area contributed by atoms with Crippen molar-refractivity contribution < 1.29 is 9.90 Å². The van der Waals surface area contributed by atoms with Gasteiger partial charge in [-0.05, 0) is 37.6 Å². The minimum atomic E-state index is -0.688. The lowest BCUT2D eigenvalue weighted by atomic mass is 9.90. The van der Waals surface area contributed by atoms with Crippen LogP contribution < -0.4 is 5.32 Å². The molecule has 0 aromatic heterocycles. The van der Waals surface area contributed by atoms with E-state index in [1.54, 1.807) is 0 Å². The van der Waals surface area contributed by atoms with Gasteiger partial charge in [0.2, 0.25) is 0 Å². The average Bonchev–Trinajstić information content (AvgIpc) is 2.36. The number of hydrogen-bond donors (Lipinski definition) is 2. The predicted molar refractivity (Wildman–Crippen MR) is 83.0 cm³/mol. The Morgan fingerprint density at radius 3 is 2.75 bits per heavy atom. The van der Waals surface area contributed by atoms with Crippen LogP contribution in [0.2, 0.25) is 0 Å². The Morgan fingerprint density at radius 1 is 1.40 bits per heavy atom. The van der Waals surface area contributed by atoms with Gasteiger partial charge in [0.25, 0.3) is 0 Å². The zero-order valence-electron chi connectivity index (χ0n) is 13.4. The van der Waals surface area contributed by atoms with Crippen molar-refractivity contribution in [2.45, 2.75) is 58.9 Å². The maximum absolute atomic E-state index is 10.7. The first-order valence-electron chi connectivity index (χ1n) is 8.18. The normalized spacial score (nSPS) is 24.2. The first kappa shape index (κ1) is 17.4. The van der Waals surface area contributed by atoms with Gasteiger partial charge in [-0.1, -0.05) is 27.2 Å². The molecule has 1 fully saturated rings. The van der Waals surface area contributed by atoms with Crippen molar-refractivity contribution >= 4 is 5.97 Å². The molecule has 1 saturated heterocycles. The summed E-state index contributed by atoms with van der Waals surface area (Å²) in [4.78, 5) is 13.1. The highest BCUT2D eigenvalue weighted by atomic mass is 16.4. The highest BCUT2D eigenvalue weighted by molar-refractivity contribution is 5.66. The molecule has 4 heteroatoms. The Hall–Kier alpha value is -0.610. The van der Waals surface area contributed by atoms with Crippen LogP contribution in [0.25, 0.3) is 0 Å². The topological polar surface area (TPSA) is 52.6 Å². The van der Waals surface area contributed by atoms with Crippen molar-refractivity contribution in [2.24, 2.45) is 11.8 Å². The molecule has 0 radical (unpaired) electrons. The third-order valence-corrected chi connectivity index (χ3v) is 4.11. The molecule has 0 bridgehead atoms. The first-order valence-corrected chi connectivity index (χ1v) is 8.18. The monoisotopic (exact) mass is 284 g/mol. The number of rotatable bonds is 9. The average molecular weight is 284 g/mol. The second-order valence-electron chi connectivity index (χ2n) is 6.63. The maximum atomic E-state index is 10.7. The quantitative estimate of drug-likeness (QED) is 0.683. The third kappa shape index (κ3) is 7.25. The molecule has 4 nitrogen and oxygen atoms in total. The van der Waals surface area contributed by atoms with Crippen LogP contribution in [0, 0.1) is 11.8 Å². The summed E-state index contributed by atoms with van der Waals surface area (Å²) in [5.74, 6) is 0.770. The lowest BCUT2D eigenvalue weighted by molar-refractivity contribution is -0.137. The number of hydrogen-bond acceptors (Lipinski definition) is 3. The standard InChI is InChI=1S/C16H32N2O2/c1-4-5-14-10-15(17-8-6-13(2)3)12-18(11-14)9-7-16(19)20/h13-15,17H,4-12H2,1-3H3,(H,19,20). The highest BCUT2D eigenvalue weighted by Crippen LogP contribution is 2.21. The molecule has 0 aromatic rings. The molecule has 1 heterocycles. The minimum absolute atomic E-state index is 0.261. The molecule has 2 unspecified atom stereocenters. The van der Waals surface area contributed by atoms with E-state index < -0.39 is 5.97 Å². The van der Waals surface area contributed by atoms with Gasteiger partial charge < -0.3 is 15.3 Å². The van der Waals surface area contributed by atoms with E-state index in [1.165, 1.54) is 25.7 Å². The van der Waals surface area contributed by atoms with Gasteiger partial charge in [0.15, 0.2) is 0 Å². The number of carboxylic acids is 1. The van der Waals surface area contributed by atoms with Crippen LogP contribution in [0.3, 0.4) is 0 Å². The van der Waals surface area contributed by atoms with Gasteiger partial charge in [0.05, 0.1) is 6.42 Å². The Morgan fingerprint density at radius 2 is 2.15 bits per heavy atom. The Balaban J connectivity index is 2.40. The summed E-state index contributed by atoms with van der Waals surface area (Å²) < 4.78 is 0. The van der Waals surface area contributed by atoms with Crippen molar-refractivity contribution in [1.29, 1.82) is 0 Å². The van der Waals surface area contributed by atoms with Crippen LogP contribution in [0.15, 0.2) is 0 Å². The van der Waals surface area contributed by atoms with E-state index >= 15 is 0 Å². The van der Waals surface area contributed by atoms with E-state index in [1.807, 2.05) is 0 Å². The Kier molecular flexibility index (Phi) is 8.15. The summed E-state index contributed by atoms with van der Waals surface area (Å²) >= 11 is 0. The predicted octanol–water partition coefficient (Wildman–Crippen LogP) is 2.59. The van der Waals surface area contributed by atoms with Crippen LogP contribution in [-0.4, -0.2) is 48.2 Å². The molecular weight excluding hydrogens is 252 g/mol. The van der Waals surface area contributed by atoms with Crippen LogP contribution in [0.5, 0.6) is 0 Å². The number of carboxylic acid groups (broad SMARTS) is 1. The fraction of sp³-hybridized carbons (Fsp3) is 0.938. The fourth-order valence-electron chi connectivity index (χ4n) is 3.08. The molecule has 1 aliphatic heterocycles. The molecule has 0 saturated carbocycles. The first-order chi connectivity index (χ1) is 9.51. The zero-order valence-corrected chi connectivity index (χ0v) is 13.4. The van der Waals surface area contributed by atoms with Gasteiger partial charge in [0, 0.05) is 25.7 Å². The second kappa shape index (κ2) is 9.35. The smallest absolute Gasteiger partial charge is 0.304 e. The van der Waals surface area contributed by atoms with Crippen molar-refractivity contribution in [3.63, 3.8) is 0 Å². The summed E-state index contributed by atoms with van der Waals surface area (Å²) in [6.07, 6.45) is 5.19. The van der Waals surface area contributed by atoms with E-state index in [-0.39, 0.29) is 6.42 Å². The number of nitrogens with one attached hydrogen (secondary N) is 1. The van der Waals surface area contributed by atoms with Crippen LogP contribution in [0.4, 0.5) is 0 Å². The zero-order chi connectivity index (χ0) is 15.0. The van der Waals surface area contributed by atoms with E-state index in [0.717, 1.165) is 31.5 Å². The lowest BCUT2D eigenvalue weighted by Gasteiger charge is -2.38. The Labute approximate surface area is 123 Å². The van der Waals surface area contributed by atoms with Crippen molar-refractivity contribution in [3.8, 4) is 0 Å². The van der Waals surface area contributed by atoms with Crippen molar-refractivity contribution in [3.05, 3.63) is 0 Å². The van der Waals surface area contributed by atoms with E-state index in [4.69, 9.17) is 5.11 Å². The molecule has 0 aliphatic carbocycles. The lowest BCUT2D eigenvalue weighted by Crippen LogP contribution is -2.50. The molecule has 20 heavy (non-hydrogen) atoms. The molecule has 2 N–H and O–H groups in total. The van der Waals surface area contributed by atoms with Crippen molar-refractivity contribution in [2.75, 3.05) is 26.2 Å². The number of carbonyl (C=O) groups is 1. The van der Waals surface area contributed by atoms with Gasteiger partial charge >= 0.3 is 5.97 Å². The molecular formula is C16H32N2O2. The van der Waals surface area contributed by atoms with Crippen LogP contribution >= 0.6 is 0 Å². The fourth-order valence-corrected chi connectivity index (χ4v) is 3.08. The Bertz CT molecular complexity index is 282. The van der Waals surface area contributed by atoms with Gasteiger partial charge in [-0.2, -0.15) is 0 Å². The van der Waals surface area contributed by atoms with E-state index in [9.17, 15) is 4.79 Å². The molecule has 118 valence electrons. The van der Waals surface area contributed by atoms with Gasteiger partial charge in [-0.3, -0.25) is 4.79 Å². The van der Waals surface area contributed by atoms with E-state index in [2.05, 4.69) is 31.0 Å².